The standard InChI is InChI=1S/C14H14F2N2S/c1-8-5-13(11(7-17)9(2)18-8)19-14-6-10(15)3-4-12(14)16/h3-6H,7,17H2,1-2H3. The Labute approximate surface area is 115 Å². The lowest BCUT2D eigenvalue weighted by Crippen LogP contribution is -2.04. The summed E-state index contributed by atoms with van der Waals surface area (Å²) in [5.74, 6) is -0.901. The van der Waals surface area contributed by atoms with E-state index in [2.05, 4.69) is 4.98 Å². The molecule has 0 bridgehead atoms. The Morgan fingerprint density at radius 1 is 1.16 bits per heavy atom. The van der Waals surface area contributed by atoms with Crippen LogP contribution in [0.15, 0.2) is 34.1 Å². The summed E-state index contributed by atoms with van der Waals surface area (Å²) < 4.78 is 26.8. The predicted octanol–water partition coefficient (Wildman–Crippen LogP) is 3.59. The highest BCUT2D eigenvalue weighted by molar-refractivity contribution is 7.99. The van der Waals surface area contributed by atoms with Gasteiger partial charge in [0.2, 0.25) is 0 Å². The van der Waals surface area contributed by atoms with Crippen molar-refractivity contribution >= 4 is 11.8 Å². The summed E-state index contributed by atoms with van der Waals surface area (Å²) in [4.78, 5) is 5.39. The van der Waals surface area contributed by atoms with Crippen LogP contribution in [0.25, 0.3) is 0 Å². The van der Waals surface area contributed by atoms with Gasteiger partial charge in [-0.15, -0.1) is 0 Å². The number of aromatic nitrogens is 1. The Bertz CT molecular complexity index is 615. The largest absolute Gasteiger partial charge is 0.326 e. The molecule has 0 aliphatic heterocycles. The third kappa shape index (κ3) is 3.11. The lowest BCUT2D eigenvalue weighted by Gasteiger charge is -2.11. The maximum Gasteiger partial charge on any atom is 0.137 e. The Hall–Kier alpha value is -1.46. The van der Waals surface area contributed by atoms with Crippen LogP contribution in [0.3, 0.4) is 0 Å². The number of aryl methyl sites for hydroxylation is 2. The first-order valence-corrected chi connectivity index (χ1v) is 6.63. The summed E-state index contributed by atoms with van der Waals surface area (Å²) in [5, 5.41) is 0. The molecule has 2 rings (SSSR count). The van der Waals surface area contributed by atoms with Crippen LogP contribution in [-0.4, -0.2) is 4.98 Å². The molecule has 1 aromatic heterocycles. The third-order valence-electron chi connectivity index (χ3n) is 2.74. The van der Waals surface area contributed by atoms with E-state index in [9.17, 15) is 8.78 Å². The van der Waals surface area contributed by atoms with E-state index >= 15 is 0 Å². The van der Waals surface area contributed by atoms with Crippen molar-refractivity contribution in [1.82, 2.24) is 4.98 Å². The molecular formula is C14H14F2N2S. The van der Waals surface area contributed by atoms with E-state index in [1.807, 2.05) is 19.9 Å². The fraction of sp³-hybridized carbons (Fsp3) is 0.214. The highest BCUT2D eigenvalue weighted by atomic mass is 32.2. The molecule has 5 heteroatoms. The Kier molecular flexibility index (Phi) is 4.17. The zero-order valence-electron chi connectivity index (χ0n) is 10.7. The van der Waals surface area contributed by atoms with Gasteiger partial charge in [0.1, 0.15) is 11.6 Å². The molecule has 0 saturated carbocycles. The van der Waals surface area contributed by atoms with E-state index in [0.717, 1.165) is 34.0 Å². The molecule has 100 valence electrons. The molecule has 1 heterocycles. The van der Waals surface area contributed by atoms with Crippen molar-refractivity contribution in [3.8, 4) is 0 Å². The topological polar surface area (TPSA) is 38.9 Å². The summed E-state index contributed by atoms with van der Waals surface area (Å²) in [6, 6.07) is 5.25. The van der Waals surface area contributed by atoms with Gasteiger partial charge >= 0.3 is 0 Å². The van der Waals surface area contributed by atoms with Gasteiger partial charge in [-0.25, -0.2) is 8.78 Å². The molecule has 0 radical (unpaired) electrons. The fourth-order valence-electron chi connectivity index (χ4n) is 1.83. The van der Waals surface area contributed by atoms with E-state index in [1.165, 1.54) is 17.8 Å². The van der Waals surface area contributed by atoms with Crippen molar-refractivity contribution in [1.29, 1.82) is 0 Å². The number of halogens is 2. The number of hydrogen-bond donors (Lipinski definition) is 1. The number of hydrogen-bond acceptors (Lipinski definition) is 3. The zero-order valence-corrected chi connectivity index (χ0v) is 11.5. The zero-order chi connectivity index (χ0) is 14.0. The second-order valence-electron chi connectivity index (χ2n) is 4.21. The van der Waals surface area contributed by atoms with Gasteiger partial charge in [0.25, 0.3) is 0 Å². The molecule has 0 spiro atoms. The SMILES string of the molecule is Cc1cc(Sc2cc(F)ccc2F)c(CN)c(C)n1. The fourth-order valence-corrected chi connectivity index (χ4v) is 2.99. The summed E-state index contributed by atoms with van der Waals surface area (Å²) in [5.41, 5.74) is 8.21. The van der Waals surface area contributed by atoms with E-state index in [1.54, 1.807) is 0 Å². The van der Waals surface area contributed by atoms with Crippen molar-refractivity contribution in [2.45, 2.75) is 30.2 Å². The quantitative estimate of drug-likeness (QED) is 0.934. The number of pyridine rings is 1. The number of nitrogens with two attached hydrogens (primary N) is 1. The van der Waals surface area contributed by atoms with E-state index in [4.69, 9.17) is 5.73 Å². The molecule has 0 saturated heterocycles. The van der Waals surface area contributed by atoms with Crippen molar-refractivity contribution < 1.29 is 8.78 Å². The van der Waals surface area contributed by atoms with Crippen LogP contribution >= 0.6 is 11.8 Å². The average molecular weight is 280 g/mol. The minimum absolute atomic E-state index is 0.250. The summed E-state index contributed by atoms with van der Waals surface area (Å²) in [6.07, 6.45) is 0. The van der Waals surface area contributed by atoms with Gasteiger partial charge in [0.05, 0.1) is 4.90 Å². The van der Waals surface area contributed by atoms with Crippen molar-refractivity contribution in [2.24, 2.45) is 5.73 Å². The molecule has 0 aliphatic carbocycles. The second-order valence-corrected chi connectivity index (χ2v) is 5.29. The van der Waals surface area contributed by atoms with Gasteiger partial charge in [-0.2, -0.15) is 0 Å². The maximum atomic E-state index is 13.7. The van der Waals surface area contributed by atoms with Crippen LogP contribution in [0.2, 0.25) is 0 Å². The molecule has 2 aromatic rings. The second kappa shape index (κ2) is 5.67. The number of benzene rings is 1. The highest BCUT2D eigenvalue weighted by Crippen LogP contribution is 2.33. The molecule has 19 heavy (non-hydrogen) atoms. The maximum absolute atomic E-state index is 13.7. The average Bonchev–Trinajstić information content (AvgIpc) is 2.33. The minimum Gasteiger partial charge on any atom is -0.326 e. The predicted molar refractivity (Wildman–Crippen MR) is 72.1 cm³/mol. The molecule has 0 atom stereocenters. The highest BCUT2D eigenvalue weighted by Gasteiger charge is 2.12. The Morgan fingerprint density at radius 3 is 2.58 bits per heavy atom. The lowest BCUT2D eigenvalue weighted by atomic mass is 10.2. The van der Waals surface area contributed by atoms with Crippen LogP contribution < -0.4 is 5.73 Å². The van der Waals surface area contributed by atoms with Crippen LogP contribution in [0, 0.1) is 25.5 Å². The normalized spacial score (nSPS) is 10.8. The van der Waals surface area contributed by atoms with Crippen LogP contribution in [0.1, 0.15) is 17.0 Å². The molecule has 0 amide bonds. The summed E-state index contributed by atoms with van der Waals surface area (Å²) in [6.45, 7) is 4.04. The summed E-state index contributed by atoms with van der Waals surface area (Å²) in [7, 11) is 0. The molecule has 0 fully saturated rings. The van der Waals surface area contributed by atoms with Crippen molar-refractivity contribution in [2.75, 3.05) is 0 Å². The minimum atomic E-state index is -0.458. The van der Waals surface area contributed by atoms with Gasteiger partial charge < -0.3 is 5.73 Å². The van der Waals surface area contributed by atoms with Gasteiger partial charge in [-0.1, -0.05) is 11.8 Å². The first kappa shape index (κ1) is 14.0. The molecule has 2 N–H and O–H groups in total. The van der Waals surface area contributed by atoms with Crippen LogP contribution in [0.4, 0.5) is 8.78 Å². The Morgan fingerprint density at radius 2 is 1.89 bits per heavy atom. The first-order valence-electron chi connectivity index (χ1n) is 5.81. The first-order chi connectivity index (χ1) is 9.01. The molecule has 0 aliphatic rings. The Balaban J connectivity index is 2.45. The van der Waals surface area contributed by atoms with Crippen molar-refractivity contribution in [3.05, 3.63) is 52.9 Å². The van der Waals surface area contributed by atoms with E-state index < -0.39 is 11.6 Å². The van der Waals surface area contributed by atoms with Crippen LogP contribution in [0.5, 0.6) is 0 Å². The van der Waals surface area contributed by atoms with Crippen molar-refractivity contribution in [3.63, 3.8) is 0 Å². The van der Waals surface area contributed by atoms with Gasteiger partial charge in [0.15, 0.2) is 0 Å². The lowest BCUT2D eigenvalue weighted by molar-refractivity contribution is 0.577. The van der Waals surface area contributed by atoms with Gasteiger partial charge in [-0.3, -0.25) is 4.98 Å². The molecule has 0 unspecified atom stereocenters. The number of nitrogens with zero attached hydrogens (tertiary/aromatic N) is 1. The van der Waals surface area contributed by atoms with Crippen LogP contribution in [-0.2, 0) is 6.54 Å². The molecule has 1 aromatic carbocycles. The number of rotatable bonds is 3. The monoisotopic (exact) mass is 280 g/mol. The summed E-state index contributed by atoms with van der Waals surface area (Å²) >= 11 is 1.17. The van der Waals surface area contributed by atoms with E-state index in [-0.39, 0.29) is 4.90 Å². The van der Waals surface area contributed by atoms with Gasteiger partial charge in [-0.05, 0) is 38.1 Å². The smallest absolute Gasteiger partial charge is 0.137 e. The van der Waals surface area contributed by atoms with E-state index in [0.29, 0.717) is 6.54 Å². The molecular weight excluding hydrogens is 266 g/mol. The van der Waals surface area contributed by atoms with Gasteiger partial charge in [0, 0.05) is 28.4 Å². The molecule has 2 nitrogen and oxygen atoms in total. The third-order valence-corrected chi connectivity index (χ3v) is 3.85.